The van der Waals surface area contributed by atoms with Crippen LogP contribution in [0.2, 0.25) is 0 Å². The fraction of sp³-hybridized carbons (Fsp3) is 0.800. The molecule has 7 nitrogen and oxygen atoms in total. The topological polar surface area (TPSA) is 73.0 Å². The molecule has 1 fully saturated rings. The summed E-state index contributed by atoms with van der Waals surface area (Å²) in [6.07, 6.45) is 1.64. The molecular formula is C15H28N4O3. The van der Waals surface area contributed by atoms with Gasteiger partial charge >= 0.3 is 0 Å². The number of carbonyl (C=O) groups excluding carboxylic acids is 3. The van der Waals surface area contributed by atoms with Gasteiger partial charge in [-0.3, -0.25) is 14.4 Å². The van der Waals surface area contributed by atoms with E-state index < -0.39 is 5.41 Å². The number of hydrogen-bond acceptors (Lipinski definition) is 4. The zero-order valence-corrected chi connectivity index (χ0v) is 14.1. The van der Waals surface area contributed by atoms with E-state index >= 15 is 0 Å². The van der Waals surface area contributed by atoms with Crippen LogP contribution in [0, 0.1) is 5.41 Å². The summed E-state index contributed by atoms with van der Waals surface area (Å²) < 4.78 is 0. The van der Waals surface area contributed by atoms with Crippen molar-refractivity contribution in [2.45, 2.75) is 20.3 Å². The highest BCUT2D eigenvalue weighted by Crippen LogP contribution is 2.20. The van der Waals surface area contributed by atoms with Gasteiger partial charge in [0.1, 0.15) is 5.41 Å². The zero-order valence-electron chi connectivity index (χ0n) is 14.1. The quantitative estimate of drug-likeness (QED) is 0.386. The lowest BCUT2D eigenvalue weighted by Crippen LogP contribution is -2.55. The van der Waals surface area contributed by atoms with Crippen molar-refractivity contribution in [3.63, 3.8) is 0 Å². The summed E-state index contributed by atoms with van der Waals surface area (Å²) >= 11 is 0. The second-order valence-electron chi connectivity index (χ2n) is 6.47. The van der Waals surface area contributed by atoms with Crippen molar-refractivity contribution in [1.29, 1.82) is 0 Å². The SMILES string of the molecule is CN(C)CCCNC(=O)C(C)(C)C(=O)N1CCN(C=O)CC1. The molecule has 1 aliphatic heterocycles. The fourth-order valence-electron chi connectivity index (χ4n) is 2.34. The Morgan fingerprint density at radius 1 is 1.18 bits per heavy atom. The van der Waals surface area contributed by atoms with Gasteiger partial charge in [-0.25, -0.2) is 0 Å². The van der Waals surface area contributed by atoms with Gasteiger partial charge < -0.3 is 20.0 Å². The van der Waals surface area contributed by atoms with Crippen LogP contribution >= 0.6 is 0 Å². The number of nitrogens with one attached hydrogen (secondary N) is 1. The highest BCUT2D eigenvalue weighted by molar-refractivity contribution is 6.04. The monoisotopic (exact) mass is 312 g/mol. The first-order valence-corrected chi connectivity index (χ1v) is 7.70. The Kier molecular flexibility index (Phi) is 6.80. The molecule has 0 aliphatic carbocycles. The number of rotatable bonds is 7. The summed E-state index contributed by atoms with van der Waals surface area (Å²) in [7, 11) is 3.96. The van der Waals surface area contributed by atoms with Gasteiger partial charge in [-0.05, 0) is 40.9 Å². The standard InChI is InChI=1S/C15H28N4O3/c1-15(2,13(21)16-6-5-7-17(3)4)14(22)19-10-8-18(12-20)9-11-19/h12H,5-11H2,1-4H3,(H,16,21). The van der Waals surface area contributed by atoms with Crippen molar-refractivity contribution in [3.05, 3.63) is 0 Å². The van der Waals surface area contributed by atoms with E-state index in [1.165, 1.54) is 0 Å². The average molecular weight is 312 g/mol. The maximum absolute atomic E-state index is 12.5. The first-order chi connectivity index (χ1) is 10.3. The minimum atomic E-state index is -1.08. The van der Waals surface area contributed by atoms with E-state index in [0.717, 1.165) is 19.4 Å². The highest BCUT2D eigenvalue weighted by Gasteiger charge is 2.39. The van der Waals surface area contributed by atoms with E-state index in [2.05, 4.69) is 10.2 Å². The number of hydrogen-bond donors (Lipinski definition) is 1. The molecule has 0 bridgehead atoms. The van der Waals surface area contributed by atoms with Crippen LogP contribution in [0.5, 0.6) is 0 Å². The normalized spacial score (nSPS) is 15.9. The zero-order chi connectivity index (χ0) is 16.8. The lowest BCUT2D eigenvalue weighted by Gasteiger charge is -2.36. The minimum Gasteiger partial charge on any atom is -0.355 e. The first kappa shape index (κ1) is 18.4. The predicted octanol–water partition coefficient (Wildman–Crippen LogP) is -0.619. The lowest BCUT2D eigenvalue weighted by molar-refractivity contribution is -0.150. The van der Waals surface area contributed by atoms with Crippen LogP contribution in [0.25, 0.3) is 0 Å². The molecule has 7 heteroatoms. The predicted molar refractivity (Wildman–Crippen MR) is 84.2 cm³/mol. The molecule has 1 heterocycles. The maximum atomic E-state index is 12.5. The van der Waals surface area contributed by atoms with Gasteiger partial charge in [0.25, 0.3) is 0 Å². The molecule has 126 valence electrons. The first-order valence-electron chi connectivity index (χ1n) is 7.70. The minimum absolute atomic E-state index is 0.178. The summed E-state index contributed by atoms with van der Waals surface area (Å²) in [6.45, 7) is 6.77. The summed E-state index contributed by atoms with van der Waals surface area (Å²) in [5, 5.41) is 2.84. The number of carbonyl (C=O) groups is 3. The smallest absolute Gasteiger partial charge is 0.237 e. The Morgan fingerprint density at radius 3 is 2.27 bits per heavy atom. The molecular weight excluding hydrogens is 284 g/mol. The van der Waals surface area contributed by atoms with Crippen LogP contribution in [0.4, 0.5) is 0 Å². The Balaban J connectivity index is 2.48. The molecule has 0 aromatic heterocycles. The molecule has 0 saturated carbocycles. The average Bonchev–Trinajstić information content (AvgIpc) is 2.50. The van der Waals surface area contributed by atoms with Crippen LogP contribution in [0.1, 0.15) is 20.3 Å². The molecule has 22 heavy (non-hydrogen) atoms. The van der Waals surface area contributed by atoms with Crippen molar-refractivity contribution < 1.29 is 14.4 Å². The van der Waals surface area contributed by atoms with Crippen LogP contribution in [0.15, 0.2) is 0 Å². The summed E-state index contributed by atoms with van der Waals surface area (Å²) in [5.41, 5.74) is -1.08. The van der Waals surface area contributed by atoms with Crippen molar-refractivity contribution in [2.75, 3.05) is 53.4 Å². The Labute approximate surface area is 132 Å². The van der Waals surface area contributed by atoms with E-state index in [0.29, 0.717) is 32.7 Å². The van der Waals surface area contributed by atoms with Crippen LogP contribution in [0.3, 0.4) is 0 Å². The van der Waals surface area contributed by atoms with Crippen molar-refractivity contribution in [2.24, 2.45) is 5.41 Å². The highest BCUT2D eigenvalue weighted by atomic mass is 16.2. The Hall–Kier alpha value is -1.63. The molecule has 0 aromatic rings. The van der Waals surface area contributed by atoms with Crippen molar-refractivity contribution in [3.8, 4) is 0 Å². The Bertz CT molecular complexity index is 402. The number of amides is 3. The van der Waals surface area contributed by atoms with Gasteiger partial charge in [-0.1, -0.05) is 0 Å². The third-order valence-electron chi connectivity index (χ3n) is 3.92. The van der Waals surface area contributed by atoms with E-state index in [1.54, 1.807) is 23.6 Å². The van der Waals surface area contributed by atoms with Gasteiger partial charge in [-0.15, -0.1) is 0 Å². The molecule has 0 radical (unpaired) electrons. The molecule has 0 spiro atoms. The number of piperazine rings is 1. The van der Waals surface area contributed by atoms with Gasteiger partial charge in [0, 0.05) is 32.7 Å². The van der Waals surface area contributed by atoms with Crippen molar-refractivity contribution in [1.82, 2.24) is 20.0 Å². The van der Waals surface area contributed by atoms with E-state index in [9.17, 15) is 14.4 Å². The molecule has 0 unspecified atom stereocenters. The van der Waals surface area contributed by atoms with Crippen molar-refractivity contribution >= 4 is 18.2 Å². The molecule has 0 atom stereocenters. The van der Waals surface area contributed by atoms with E-state index in [4.69, 9.17) is 0 Å². The summed E-state index contributed by atoms with van der Waals surface area (Å²) in [6, 6.07) is 0. The van der Waals surface area contributed by atoms with Crippen LogP contribution in [-0.2, 0) is 14.4 Å². The van der Waals surface area contributed by atoms with Crippen LogP contribution in [-0.4, -0.2) is 86.3 Å². The third kappa shape index (κ3) is 4.98. The Morgan fingerprint density at radius 2 is 1.77 bits per heavy atom. The number of nitrogens with zero attached hydrogens (tertiary/aromatic N) is 3. The third-order valence-corrected chi connectivity index (χ3v) is 3.92. The lowest BCUT2D eigenvalue weighted by atomic mass is 9.90. The van der Waals surface area contributed by atoms with Gasteiger partial charge in [0.05, 0.1) is 0 Å². The summed E-state index contributed by atoms with van der Waals surface area (Å²) in [4.78, 5) is 40.9. The van der Waals surface area contributed by atoms with Gasteiger partial charge in [0.15, 0.2) is 0 Å². The van der Waals surface area contributed by atoms with Gasteiger partial charge in [0.2, 0.25) is 18.2 Å². The largest absolute Gasteiger partial charge is 0.355 e. The molecule has 1 aliphatic rings. The molecule has 1 saturated heterocycles. The summed E-state index contributed by atoms with van der Waals surface area (Å²) in [5.74, 6) is -0.419. The second-order valence-corrected chi connectivity index (χ2v) is 6.47. The molecule has 0 aromatic carbocycles. The molecule has 1 rings (SSSR count). The maximum Gasteiger partial charge on any atom is 0.237 e. The fourth-order valence-corrected chi connectivity index (χ4v) is 2.34. The molecule has 1 N–H and O–H groups in total. The van der Waals surface area contributed by atoms with E-state index in [-0.39, 0.29) is 11.8 Å². The second kappa shape index (κ2) is 8.12. The molecule has 3 amide bonds. The van der Waals surface area contributed by atoms with Crippen LogP contribution < -0.4 is 5.32 Å². The van der Waals surface area contributed by atoms with E-state index in [1.807, 2.05) is 14.1 Å². The van der Waals surface area contributed by atoms with Gasteiger partial charge in [-0.2, -0.15) is 0 Å².